The Morgan fingerprint density at radius 3 is 2.55 bits per heavy atom. The fourth-order valence-corrected chi connectivity index (χ4v) is 2.87. The van der Waals surface area contributed by atoms with E-state index < -0.39 is 5.97 Å². The van der Waals surface area contributed by atoms with Gasteiger partial charge in [-0.2, -0.15) is 10.5 Å². The summed E-state index contributed by atoms with van der Waals surface area (Å²) >= 11 is 6.10. The molecule has 1 aromatic heterocycles. The van der Waals surface area contributed by atoms with Gasteiger partial charge in [0.2, 0.25) is 0 Å². The van der Waals surface area contributed by atoms with E-state index >= 15 is 0 Å². The highest BCUT2D eigenvalue weighted by Gasteiger charge is 2.14. The number of nitriles is 2. The minimum Gasteiger partial charge on any atom is -0.462 e. The monoisotopic (exact) mass is 402 g/mol. The second-order valence-electron chi connectivity index (χ2n) is 5.98. The summed E-state index contributed by atoms with van der Waals surface area (Å²) in [6.45, 7) is 1.98. The van der Waals surface area contributed by atoms with Crippen LogP contribution in [0.25, 0.3) is 23.0 Å². The zero-order valence-electron chi connectivity index (χ0n) is 15.5. The number of rotatable bonds is 5. The summed E-state index contributed by atoms with van der Waals surface area (Å²) in [7, 11) is 0. The maximum absolute atomic E-state index is 12.0. The molecule has 142 valence electrons. The van der Waals surface area contributed by atoms with Crippen molar-refractivity contribution in [1.29, 1.82) is 10.5 Å². The highest BCUT2D eigenvalue weighted by atomic mass is 35.5. The molecule has 0 aliphatic carbocycles. The molecule has 3 aromatic rings. The standard InChI is InChI=1S/C23H15ClN2O3/c1-2-28-23(27)20-12-17(7-9-21(20)24)22-10-8-19(29-22)11-18(14-26)16-5-3-15(13-25)4-6-16/h3-12H,2H2,1H3. The van der Waals surface area contributed by atoms with E-state index in [1.807, 2.05) is 6.07 Å². The smallest absolute Gasteiger partial charge is 0.339 e. The zero-order chi connectivity index (χ0) is 20.8. The third kappa shape index (κ3) is 4.55. The summed E-state index contributed by atoms with van der Waals surface area (Å²) in [5.74, 6) is 0.503. The van der Waals surface area contributed by atoms with E-state index in [1.165, 1.54) is 0 Å². The molecule has 0 saturated carbocycles. The van der Waals surface area contributed by atoms with E-state index in [-0.39, 0.29) is 12.2 Å². The van der Waals surface area contributed by atoms with E-state index in [2.05, 4.69) is 6.07 Å². The molecule has 0 radical (unpaired) electrons. The predicted octanol–water partition coefficient (Wildman–Crippen LogP) is 5.71. The number of furan rings is 1. The van der Waals surface area contributed by atoms with Gasteiger partial charge >= 0.3 is 5.97 Å². The molecule has 2 aromatic carbocycles. The average Bonchev–Trinajstić information content (AvgIpc) is 3.21. The lowest BCUT2D eigenvalue weighted by Crippen LogP contribution is -2.05. The Morgan fingerprint density at radius 1 is 1.14 bits per heavy atom. The first kappa shape index (κ1) is 19.9. The van der Waals surface area contributed by atoms with Gasteiger partial charge in [-0.3, -0.25) is 0 Å². The van der Waals surface area contributed by atoms with Gasteiger partial charge in [-0.25, -0.2) is 4.79 Å². The minimum absolute atomic E-state index is 0.251. The molecule has 0 aliphatic heterocycles. The first-order valence-corrected chi connectivity index (χ1v) is 9.12. The van der Waals surface area contributed by atoms with Crippen LogP contribution in [-0.4, -0.2) is 12.6 Å². The molecule has 0 saturated heterocycles. The minimum atomic E-state index is -0.501. The van der Waals surface area contributed by atoms with Gasteiger partial charge in [0.25, 0.3) is 0 Å². The Hall–Kier alpha value is -3.80. The summed E-state index contributed by atoms with van der Waals surface area (Å²) in [5, 5.41) is 18.7. The van der Waals surface area contributed by atoms with Crippen molar-refractivity contribution in [3.05, 3.63) is 82.1 Å². The maximum atomic E-state index is 12.0. The van der Waals surface area contributed by atoms with Crippen LogP contribution in [0, 0.1) is 22.7 Å². The van der Waals surface area contributed by atoms with Gasteiger partial charge in [-0.05, 0) is 61.0 Å². The van der Waals surface area contributed by atoms with Gasteiger partial charge in [0, 0.05) is 5.56 Å². The van der Waals surface area contributed by atoms with Gasteiger partial charge in [0.15, 0.2) is 0 Å². The van der Waals surface area contributed by atoms with Crippen molar-refractivity contribution >= 4 is 29.2 Å². The van der Waals surface area contributed by atoms with Crippen molar-refractivity contribution in [2.45, 2.75) is 6.92 Å². The lowest BCUT2D eigenvalue weighted by molar-refractivity contribution is 0.0526. The number of allylic oxidation sites excluding steroid dienone is 1. The number of nitrogens with zero attached hydrogens (tertiary/aromatic N) is 2. The number of ether oxygens (including phenoxy) is 1. The third-order valence-electron chi connectivity index (χ3n) is 4.11. The summed E-state index contributed by atoms with van der Waals surface area (Å²) in [5.41, 5.74) is 2.52. The van der Waals surface area contributed by atoms with Crippen molar-refractivity contribution in [2.75, 3.05) is 6.61 Å². The number of benzene rings is 2. The quantitative estimate of drug-likeness (QED) is 0.402. The summed E-state index contributed by atoms with van der Waals surface area (Å²) in [6, 6.07) is 19.3. The van der Waals surface area contributed by atoms with Gasteiger partial charge in [0.1, 0.15) is 11.5 Å². The molecular formula is C23H15ClN2O3. The second kappa shape index (κ2) is 8.93. The molecule has 6 heteroatoms. The van der Waals surface area contributed by atoms with E-state index in [4.69, 9.17) is 26.0 Å². The van der Waals surface area contributed by atoms with Crippen LogP contribution >= 0.6 is 11.6 Å². The molecule has 0 atom stereocenters. The molecule has 0 aliphatic rings. The first-order chi connectivity index (χ1) is 14.0. The lowest BCUT2D eigenvalue weighted by Gasteiger charge is -2.06. The largest absolute Gasteiger partial charge is 0.462 e. The van der Waals surface area contributed by atoms with Crippen LogP contribution in [0.2, 0.25) is 5.02 Å². The summed E-state index contributed by atoms with van der Waals surface area (Å²) in [6.07, 6.45) is 1.62. The Kier molecular flexibility index (Phi) is 6.14. The molecule has 0 N–H and O–H groups in total. The Labute approximate surface area is 173 Å². The van der Waals surface area contributed by atoms with Gasteiger partial charge < -0.3 is 9.15 Å². The third-order valence-corrected chi connectivity index (χ3v) is 4.43. The van der Waals surface area contributed by atoms with Crippen LogP contribution < -0.4 is 0 Å². The molecule has 0 spiro atoms. The van der Waals surface area contributed by atoms with Crippen molar-refractivity contribution in [3.8, 4) is 23.5 Å². The second-order valence-corrected chi connectivity index (χ2v) is 6.38. The molecule has 5 nitrogen and oxygen atoms in total. The van der Waals surface area contributed by atoms with Crippen LogP contribution in [0.3, 0.4) is 0 Å². The van der Waals surface area contributed by atoms with Crippen molar-refractivity contribution in [2.24, 2.45) is 0 Å². The molecule has 0 unspecified atom stereocenters. The van der Waals surface area contributed by atoms with E-state index in [0.29, 0.717) is 38.8 Å². The highest BCUT2D eigenvalue weighted by molar-refractivity contribution is 6.33. The van der Waals surface area contributed by atoms with Crippen LogP contribution in [0.4, 0.5) is 0 Å². The van der Waals surface area contributed by atoms with Crippen molar-refractivity contribution in [1.82, 2.24) is 0 Å². The summed E-state index contributed by atoms with van der Waals surface area (Å²) in [4.78, 5) is 12.0. The van der Waals surface area contributed by atoms with Gasteiger partial charge in [-0.1, -0.05) is 23.7 Å². The SMILES string of the molecule is CCOC(=O)c1cc(-c2ccc(C=C(C#N)c3ccc(C#N)cc3)o2)ccc1Cl. The topological polar surface area (TPSA) is 87.0 Å². The number of hydrogen-bond donors (Lipinski definition) is 0. The molecule has 3 rings (SSSR count). The molecule has 29 heavy (non-hydrogen) atoms. The molecule has 0 fully saturated rings. The normalized spacial score (nSPS) is 10.8. The van der Waals surface area contributed by atoms with E-state index in [9.17, 15) is 10.1 Å². The Morgan fingerprint density at radius 2 is 1.90 bits per heavy atom. The van der Waals surface area contributed by atoms with Crippen LogP contribution in [-0.2, 0) is 4.74 Å². The van der Waals surface area contributed by atoms with Crippen LogP contribution in [0.15, 0.2) is 59.0 Å². The number of esters is 1. The van der Waals surface area contributed by atoms with Gasteiger partial charge in [-0.15, -0.1) is 0 Å². The summed E-state index contributed by atoms with van der Waals surface area (Å²) < 4.78 is 10.8. The van der Waals surface area contributed by atoms with Crippen molar-refractivity contribution in [3.63, 3.8) is 0 Å². The van der Waals surface area contributed by atoms with E-state index in [0.717, 1.165) is 0 Å². The number of halogens is 1. The number of carbonyl (C=O) groups is 1. The predicted molar refractivity (Wildman–Crippen MR) is 110 cm³/mol. The maximum Gasteiger partial charge on any atom is 0.339 e. The fourth-order valence-electron chi connectivity index (χ4n) is 2.68. The van der Waals surface area contributed by atoms with Crippen LogP contribution in [0.1, 0.15) is 34.2 Å². The molecular weight excluding hydrogens is 388 g/mol. The van der Waals surface area contributed by atoms with E-state index in [1.54, 1.807) is 67.6 Å². The Bertz CT molecular complexity index is 1160. The highest BCUT2D eigenvalue weighted by Crippen LogP contribution is 2.29. The molecule has 0 amide bonds. The first-order valence-electron chi connectivity index (χ1n) is 8.75. The lowest BCUT2D eigenvalue weighted by atomic mass is 10.0. The molecule has 0 bridgehead atoms. The fraction of sp³-hybridized carbons (Fsp3) is 0.0870. The average molecular weight is 403 g/mol. The number of carbonyl (C=O) groups excluding carboxylic acids is 1. The van der Waals surface area contributed by atoms with Crippen LogP contribution in [0.5, 0.6) is 0 Å². The van der Waals surface area contributed by atoms with Gasteiger partial charge in [0.05, 0.1) is 40.5 Å². The number of hydrogen-bond acceptors (Lipinski definition) is 5. The Balaban J connectivity index is 1.91. The zero-order valence-corrected chi connectivity index (χ0v) is 16.2. The molecule has 1 heterocycles. The van der Waals surface area contributed by atoms with Crippen molar-refractivity contribution < 1.29 is 13.9 Å².